The van der Waals surface area contributed by atoms with Crippen LogP contribution in [0.15, 0.2) is 59.5 Å². The van der Waals surface area contributed by atoms with Crippen molar-refractivity contribution in [1.29, 1.82) is 0 Å². The molecule has 23 heavy (non-hydrogen) atoms. The molecule has 2 N–H and O–H groups in total. The van der Waals surface area contributed by atoms with E-state index in [4.69, 9.17) is 0 Å². The Bertz CT molecular complexity index is 712. The molecule has 0 spiro atoms. The van der Waals surface area contributed by atoms with E-state index in [-0.39, 0.29) is 10.9 Å². The van der Waals surface area contributed by atoms with Crippen molar-refractivity contribution in [3.63, 3.8) is 0 Å². The standard InChI is InChI=1S/C18H23NO3S/c1-3-16(13-18(20)15-7-5-4-6-8-15)19-23(21,22)17-11-9-14(2)10-12-17/h4-12,16,18-20H,3,13H2,1-2H3/t16-,18+/m0/s1. The molecular formula is C18H23NO3S. The molecule has 0 unspecified atom stereocenters. The summed E-state index contributed by atoms with van der Waals surface area (Å²) >= 11 is 0. The highest BCUT2D eigenvalue weighted by molar-refractivity contribution is 7.89. The van der Waals surface area contributed by atoms with Gasteiger partial charge < -0.3 is 5.11 Å². The van der Waals surface area contributed by atoms with Gasteiger partial charge in [-0.2, -0.15) is 0 Å². The van der Waals surface area contributed by atoms with Gasteiger partial charge in [0.05, 0.1) is 11.0 Å². The third kappa shape index (κ3) is 4.89. The number of nitrogens with one attached hydrogen (secondary N) is 1. The van der Waals surface area contributed by atoms with Crippen molar-refractivity contribution >= 4 is 10.0 Å². The molecule has 4 nitrogen and oxygen atoms in total. The third-order valence-electron chi connectivity index (χ3n) is 3.84. The number of aliphatic hydroxyl groups excluding tert-OH is 1. The van der Waals surface area contributed by atoms with Gasteiger partial charge in [0.25, 0.3) is 0 Å². The van der Waals surface area contributed by atoms with E-state index in [1.165, 1.54) is 0 Å². The smallest absolute Gasteiger partial charge is 0.240 e. The second-order valence-corrected chi connectivity index (χ2v) is 7.42. The van der Waals surface area contributed by atoms with E-state index in [9.17, 15) is 13.5 Å². The highest BCUT2D eigenvalue weighted by atomic mass is 32.2. The molecule has 0 aliphatic heterocycles. The highest BCUT2D eigenvalue weighted by Gasteiger charge is 2.21. The molecule has 124 valence electrons. The van der Waals surface area contributed by atoms with Crippen LogP contribution in [0.5, 0.6) is 0 Å². The molecular weight excluding hydrogens is 310 g/mol. The van der Waals surface area contributed by atoms with Crippen molar-refractivity contribution < 1.29 is 13.5 Å². The molecule has 0 aromatic heterocycles. The maximum absolute atomic E-state index is 12.4. The first kappa shape index (κ1) is 17.7. The summed E-state index contributed by atoms with van der Waals surface area (Å²) in [7, 11) is -3.58. The fraction of sp³-hybridized carbons (Fsp3) is 0.333. The molecule has 0 bridgehead atoms. The molecule has 0 aliphatic carbocycles. The summed E-state index contributed by atoms with van der Waals surface area (Å²) < 4.78 is 27.6. The SMILES string of the molecule is CC[C@@H](C[C@@H](O)c1ccccc1)NS(=O)(=O)c1ccc(C)cc1. The molecule has 2 aromatic rings. The van der Waals surface area contributed by atoms with E-state index in [1.807, 2.05) is 44.2 Å². The van der Waals surface area contributed by atoms with Gasteiger partial charge in [0.1, 0.15) is 0 Å². The Balaban J connectivity index is 2.08. The van der Waals surface area contributed by atoms with Gasteiger partial charge in [0, 0.05) is 6.04 Å². The Morgan fingerprint density at radius 3 is 2.22 bits per heavy atom. The van der Waals surface area contributed by atoms with Crippen molar-refractivity contribution in [2.75, 3.05) is 0 Å². The Morgan fingerprint density at radius 2 is 1.65 bits per heavy atom. The number of benzene rings is 2. The van der Waals surface area contributed by atoms with Gasteiger partial charge in [-0.05, 0) is 37.5 Å². The van der Waals surface area contributed by atoms with Gasteiger partial charge >= 0.3 is 0 Å². The summed E-state index contributed by atoms with van der Waals surface area (Å²) in [5.41, 5.74) is 1.80. The van der Waals surface area contributed by atoms with Gasteiger partial charge in [-0.15, -0.1) is 0 Å². The summed E-state index contributed by atoms with van der Waals surface area (Å²) in [5, 5.41) is 10.3. The molecule has 0 aliphatic rings. The number of hydrogen-bond donors (Lipinski definition) is 2. The highest BCUT2D eigenvalue weighted by Crippen LogP contribution is 2.20. The summed E-state index contributed by atoms with van der Waals surface area (Å²) in [4.78, 5) is 0.246. The van der Waals surface area contributed by atoms with Crippen LogP contribution in [0, 0.1) is 6.92 Å². The van der Waals surface area contributed by atoms with Crippen molar-refractivity contribution in [1.82, 2.24) is 4.72 Å². The van der Waals surface area contributed by atoms with E-state index in [2.05, 4.69) is 4.72 Å². The summed E-state index contributed by atoms with van der Waals surface area (Å²) in [5.74, 6) is 0. The fourth-order valence-corrected chi connectivity index (χ4v) is 3.72. The monoisotopic (exact) mass is 333 g/mol. The van der Waals surface area contributed by atoms with E-state index in [0.717, 1.165) is 11.1 Å². The first-order valence-electron chi connectivity index (χ1n) is 7.74. The number of sulfonamides is 1. The molecule has 0 radical (unpaired) electrons. The van der Waals surface area contributed by atoms with Crippen LogP contribution in [0.25, 0.3) is 0 Å². The molecule has 2 aromatic carbocycles. The lowest BCUT2D eigenvalue weighted by Crippen LogP contribution is -2.35. The predicted octanol–water partition coefficient (Wildman–Crippen LogP) is 3.18. The lowest BCUT2D eigenvalue weighted by atomic mass is 10.0. The average molecular weight is 333 g/mol. The minimum Gasteiger partial charge on any atom is -0.388 e. The minimum atomic E-state index is -3.58. The molecule has 0 fully saturated rings. The summed E-state index contributed by atoms with van der Waals surface area (Å²) in [6, 6.07) is 15.7. The van der Waals surface area contributed by atoms with Gasteiger partial charge in [0.2, 0.25) is 10.0 Å². The molecule has 0 saturated heterocycles. The van der Waals surface area contributed by atoms with Crippen LogP contribution in [0.2, 0.25) is 0 Å². The number of aliphatic hydroxyl groups is 1. The second kappa shape index (κ2) is 7.73. The molecule has 0 heterocycles. The van der Waals surface area contributed by atoms with Crippen LogP contribution < -0.4 is 4.72 Å². The molecule has 2 rings (SSSR count). The first-order chi connectivity index (χ1) is 10.9. The average Bonchev–Trinajstić information content (AvgIpc) is 2.55. The van der Waals surface area contributed by atoms with Crippen LogP contribution in [-0.2, 0) is 10.0 Å². The lowest BCUT2D eigenvalue weighted by molar-refractivity contribution is 0.154. The third-order valence-corrected chi connectivity index (χ3v) is 5.37. The Labute approximate surface area is 138 Å². The zero-order chi connectivity index (χ0) is 16.9. The van der Waals surface area contributed by atoms with Crippen molar-refractivity contribution in [2.45, 2.75) is 43.7 Å². The Kier molecular flexibility index (Phi) is 5.93. The van der Waals surface area contributed by atoms with Crippen molar-refractivity contribution in [2.24, 2.45) is 0 Å². The molecule has 5 heteroatoms. The van der Waals surface area contributed by atoms with Gasteiger partial charge in [-0.3, -0.25) is 0 Å². The maximum Gasteiger partial charge on any atom is 0.240 e. The van der Waals surface area contributed by atoms with Crippen LogP contribution in [0.3, 0.4) is 0 Å². The van der Waals surface area contributed by atoms with Gasteiger partial charge in [-0.25, -0.2) is 13.1 Å². The molecule has 2 atom stereocenters. The topological polar surface area (TPSA) is 66.4 Å². The van der Waals surface area contributed by atoms with E-state index >= 15 is 0 Å². The number of hydrogen-bond acceptors (Lipinski definition) is 3. The number of rotatable bonds is 7. The van der Waals surface area contributed by atoms with E-state index in [1.54, 1.807) is 24.3 Å². The van der Waals surface area contributed by atoms with Crippen molar-refractivity contribution in [3.05, 3.63) is 65.7 Å². The minimum absolute atomic E-state index is 0.246. The maximum atomic E-state index is 12.4. The van der Waals surface area contributed by atoms with Crippen LogP contribution in [0.1, 0.15) is 37.0 Å². The van der Waals surface area contributed by atoms with Crippen LogP contribution in [0.4, 0.5) is 0 Å². The first-order valence-corrected chi connectivity index (χ1v) is 9.22. The van der Waals surface area contributed by atoms with Gasteiger partial charge in [0.15, 0.2) is 0 Å². The Hall–Kier alpha value is -1.69. The summed E-state index contributed by atoms with van der Waals surface area (Å²) in [6.45, 7) is 3.81. The zero-order valence-electron chi connectivity index (χ0n) is 13.4. The summed E-state index contributed by atoms with van der Waals surface area (Å²) in [6.07, 6.45) is 0.252. The zero-order valence-corrected chi connectivity index (χ0v) is 14.3. The largest absolute Gasteiger partial charge is 0.388 e. The quantitative estimate of drug-likeness (QED) is 0.818. The normalized spacial score (nSPS) is 14.4. The molecule has 0 saturated carbocycles. The van der Waals surface area contributed by atoms with Crippen molar-refractivity contribution in [3.8, 4) is 0 Å². The fourth-order valence-electron chi connectivity index (χ4n) is 2.38. The molecule has 0 amide bonds. The van der Waals surface area contributed by atoms with Crippen LogP contribution >= 0.6 is 0 Å². The Morgan fingerprint density at radius 1 is 1.04 bits per heavy atom. The van der Waals surface area contributed by atoms with E-state index < -0.39 is 16.1 Å². The predicted molar refractivity (Wildman–Crippen MR) is 91.6 cm³/mol. The van der Waals surface area contributed by atoms with Gasteiger partial charge in [-0.1, -0.05) is 55.0 Å². The van der Waals surface area contributed by atoms with E-state index in [0.29, 0.717) is 12.8 Å². The number of aryl methyl sites for hydroxylation is 1. The van der Waals surface area contributed by atoms with Crippen LogP contribution in [-0.4, -0.2) is 19.6 Å². The second-order valence-electron chi connectivity index (χ2n) is 5.70. The lowest BCUT2D eigenvalue weighted by Gasteiger charge is -2.20.